The van der Waals surface area contributed by atoms with Gasteiger partial charge < -0.3 is 40.6 Å². The summed E-state index contributed by atoms with van der Waals surface area (Å²) in [4.78, 5) is 56.0. The zero-order valence-electron chi connectivity index (χ0n) is 24.7. The van der Waals surface area contributed by atoms with Gasteiger partial charge in [-0.3, -0.25) is 37.0 Å². The number of halogens is 3. The highest BCUT2D eigenvalue weighted by atomic mass is 31.2. The van der Waals surface area contributed by atoms with Crippen molar-refractivity contribution >= 4 is 49.7 Å². The van der Waals surface area contributed by atoms with Crippen LogP contribution in [-0.4, -0.2) is 117 Å². The molecule has 0 spiro atoms. The molecular formula is C22H25F3N10O13P2. The summed E-state index contributed by atoms with van der Waals surface area (Å²) in [5.41, 5.74) is 10.2. The van der Waals surface area contributed by atoms with E-state index < -0.39 is 102 Å². The second kappa shape index (κ2) is 12.5. The van der Waals surface area contributed by atoms with E-state index in [1.54, 1.807) is 0 Å². The van der Waals surface area contributed by atoms with Crippen molar-refractivity contribution in [1.29, 1.82) is 0 Å². The Bertz CT molecular complexity index is 2080. The first-order valence-corrected chi connectivity index (χ1v) is 17.1. The maximum atomic E-state index is 13.4. The van der Waals surface area contributed by atoms with Crippen LogP contribution < -0.4 is 17.0 Å². The molecule has 0 aromatic carbocycles. The van der Waals surface area contributed by atoms with Gasteiger partial charge in [-0.15, -0.1) is 0 Å². The van der Waals surface area contributed by atoms with Gasteiger partial charge in [0.25, 0.3) is 5.56 Å². The van der Waals surface area contributed by atoms with Gasteiger partial charge in [-0.25, -0.2) is 29.1 Å². The molecule has 272 valence electrons. The second-order valence-corrected chi connectivity index (χ2v) is 13.9. The van der Waals surface area contributed by atoms with E-state index in [1.807, 2.05) is 0 Å². The minimum atomic E-state index is -5.36. The molecule has 3 aliphatic rings. The molecule has 0 aliphatic carbocycles. The first kappa shape index (κ1) is 34.8. The van der Waals surface area contributed by atoms with Crippen molar-refractivity contribution in [1.82, 2.24) is 39.0 Å². The fourth-order valence-electron chi connectivity index (χ4n) is 5.65. The number of aliphatic hydroxyl groups excluding tert-OH is 1. The summed E-state index contributed by atoms with van der Waals surface area (Å²) < 4.78 is 106. The molecule has 10 atom stereocenters. The smallest absolute Gasteiger partial charge is 0.387 e. The van der Waals surface area contributed by atoms with Gasteiger partial charge in [0.05, 0.1) is 25.9 Å². The monoisotopic (exact) mass is 756 g/mol. The summed E-state index contributed by atoms with van der Waals surface area (Å²) in [5, 5.41) is 11.1. The number of ether oxygens (including phenoxy) is 3. The van der Waals surface area contributed by atoms with Gasteiger partial charge in [-0.2, -0.15) is 18.2 Å². The number of imidazole rings is 2. The number of nitrogens with two attached hydrogens (primary N) is 2. The third-order valence-corrected chi connectivity index (χ3v) is 9.71. The molecule has 0 radical (unpaired) electrons. The highest BCUT2D eigenvalue weighted by Crippen LogP contribution is 2.54. The third-order valence-electron chi connectivity index (χ3n) is 7.74. The Kier molecular flexibility index (Phi) is 8.72. The Labute approximate surface area is 274 Å². The molecule has 4 aromatic rings. The van der Waals surface area contributed by atoms with E-state index in [4.69, 9.17) is 43.8 Å². The number of nitrogens with one attached hydrogen (secondary N) is 1. The normalized spacial score (nSPS) is 35.5. The number of aromatic amines is 1. The van der Waals surface area contributed by atoms with Crippen molar-refractivity contribution in [3.8, 4) is 0 Å². The molecule has 28 heteroatoms. The summed E-state index contributed by atoms with van der Waals surface area (Å²) in [6.45, 7) is -3.97. The van der Waals surface area contributed by atoms with Crippen LogP contribution >= 0.6 is 15.6 Å². The minimum Gasteiger partial charge on any atom is -0.387 e. The molecule has 23 nitrogen and oxygen atoms in total. The fraction of sp³-hybridized carbons (Fsp3) is 0.545. The van der Waals surface area contributed by atoms with Crippen molar-refractivity contribution in [2.45, 2.75) is 55.3 Å². The Balaban J connectivity index is 1.26. The van der Waals surface area contributed by atoms with Gasteiger partial charge in [0.15, 0.2) is 35.1 Å². The van der Waals surface area contributed by atoms with Gasteiger partial charge in [0.1, 0.15) is 55.1 Å². The highest BCUT2D eigenvalue weighted by molar-refractivity contribution is 7.47. The van der Waals surface area contributed by atoms with Gasteiger partial charge in [0.2, 0.25) is 5.95 Å². The lowest BCUT2D eigenvalue weighted by atomic mass is 10.1. The molecule has 7 heterocycles. The SMILES string of the molecule is Nc1nc2c(ncn2[C@@H]2O[C@@H]3COP(=O)(O)O[C@H]4C(O)[C@@H](COP(=O)(O)OC2[C@H]3OCC(F)(F)F)O[C@H]4n2cnc3c(N)ncnc32)c(=O)[nH]1. The van der Waals surface area contributed by atoms with E-state index in [0.29, 0.717) is 0 Å². The number of aromatic nitrogens is 8. The minimum absolute atomic E-state index is 0.0389. The van der Waals surface area contributed by atoms with Crippen LogP contribution in [0.1, 0.15) is 12.5 Å². The third kappa shape index (κ3) is 6.60. The largest absolute Gasteiger partial charge is 0.472 e. The van der Waals surface area contributed by atoms with E-state index in [2.05, 4.69) is 29.9 Å². The van der Waals surface area contributed by atoms with Crippen LogP contribution in [0.3, 0.4) is 0 Å². The number of aliphatic hydroxyl groups is 1. The molecule has 3 aliphatic heterocycles. The van der Waals surface area contributed by atoms with Crippen molar-refractivity contribution in [2.24, 2.45) is 0 Å². The van der Waals surface area contributed by atoms with Crippen LogP contribution in [-0.2, 0) is 41.4 Å². The molecule has 4 bridgehead atoms. The Morgan fingerprint density at radius 2 is 1.52 bits per heavy atom. The number of phosphoric acid groups is 2. The average Bonchev–Trinajstić information content (AvgIpc) is 3.78. The average molecular weight is 756 g/mol. The van der Waals surface area contributed by atoms with Crippen LogP contribution in [0.4, 0.5) is 24.9 Å². The molecule has 8 N–H and O–H groups in total. The molecule has 50 heavy (non-hydrogen) atoms. The summed E-state index contributed by atoms with van der Waals surface area (Å²) >= 11 is 0. The van der Waals surface area contributed by atoms with Crippen LogP contribution in [0.2, 0.25) is 0 Å². The summed E-state index contributed by atoms with van der Waals surface area (Å²) in [6, 6.07) is 0. The van der Waals surface area contributed by atoms with Gasteiger partial charge >= 0.3 is 21.8 Å². The lowest BCUT2D eigenvalue weighted by molar-refractivity contribution is -0.196. The van der Waals surface area contributed by atoms with Crippen molar-refractivity contribution in [2.75, 3.05) is 31.3 Å². The quantitative estimate of drug-likeness (QED) is 0.139. The Morgan fingerprint density at radius 3 is 2.22 bits per heavy atom. The molecule has 0 amide bonds. The number of nitrogen functional groups attached to an aromatic ring is 2. The Morgan fingerprint density at radius 1 is 0.920 bits per heavy atom. The van der Waals surface area contributed by atoms with E-state index in [0.717, 1.165) is 23.5 Å². The van der Waals surface area contributed by atoms with E-state index in [1.165, 1.54) is 4.57 Å². The van der Waals surface area contributed by atoms with Crippen LogP contribution in [0.5, 0.6) is 0 Å². The number of phosphoric ester groups is 2. The molecule has 4 aromatic heterocycles. The number of hydrogen-bond donors (Lipinski definition) is 6. The zero-order chi connectivity index (χ0) is 35.7. The summed E-state index contributed by atoms with van der Waals surface area (Å²) in [5.74, 6) is -0.438. The highest BCUT2D eigenvalue weighted by Gasteiger charge is 2.55. The van der Waals surface area contributed by atoms with Crippen molar-refractivity contribution < 1.29 is 69.5 Å². The summed E-state index contributed by atoms with van der Waals surface area (Å²) in [7, 11) is -10.7. The summed E-state index contributed by atoms with van der Waals surface area (Å²) in [6.07, 6.45) is -16.0. The number of H-pyrrole nitrogens is 1. The number of hydrogen-bond acceptors (Lipinski definition) is 18. The predicted molar refractivity (Wildman–Crippen MR) is 153 cm³/mol. The second-order valence-electron chi connectivity index (χ2n) is 11.0. The van der Waals surface area contributed by atoms with Gasteiger partial charge in [0, 0.05) is 0 Å². The zero-order valence-corrected chi connectivity index (χ0v) is 26.5. The lowest BCUT2D eigenvalue weighted by Crippen LogP contribution is -2.41. The number of nitrogens with zero attached hydrogens (tertiary/aromatic N) is 7. The predicted octanol–water partition coefficient (Wildman–Crippen LogP) is -0.755. The maximum Gasteiger partial charge on any atom is 0.472 e. The first-order valence-electron chi connectivity index (χ1n) is 14.1. The molecule has 3 saturated heterocycles. The van der Waals surface area contributed by atoms with Crippen molar-refractivity contribution in [3.05, 3.63) is 29.3 Å². The number of fused-ring (bicyclic) bond motifs is 6. The standard InChI is InChI=1S/C22H25F3N10O13P2/c23-22(24,25)3-42-12-8-2-44-49(38,39)47-13-11(36)7(45-19(13)34-5-30-9-15(26)28-4-29-16(9)34)1-43-50(40,41)48-14(12)20(46-8)35-6-31-10-17(35)32-21(27)33-18(10)37/h4-8,11-14,19-20,36H,1-3H2,(H,38,39)(H,40,41)(H2,26,28,29)(H3,27,32,33,37)/t7-,8-,11?,12+,13+,14?,19-,20-/m1/s1. The van der Waals surface area contributed by atoms with E-state index in [9.17, 15) is 42.0 Å². The van der Waals surface area contributed by atoms with Crippen molar-refractivity contribution in [3.63, 3.8) is 0 Å². The maximum absolute atomic E-state index is 13.4. The van der Waals surface area contributed by atoms with Crippen LogP contribution in [0.15, 0.2) is 23.8 Å². The fourth-order valence-corrected chi connectivity index (χ4v) is 7.51. The van der Waals surface area contributed by atoms with Crippen LogP contribution in [0, 0.1) is 0 Å². The molecule has 0 saturated carbocycles. The first-order chi connectivity index (χ1) is 23.5. The van der Waals surface area contributed by atoms with Crippen LogP contribution in [0.25, 0.3) is 22.3 Å². The van der Waals surface area contributed by atoms with Gasteiger partial charge in [-0.05, 0) is 0 Å². The number of alkyl halides is 3. The van der Waals surface area contributed by atoms with E-state index in [-0.39, 0.29) is 28.1 Å². The Hall–Kier alpha value is -3.65. The number of anilines is 2. The number of rotatable bonds is 4. The topological polar surface area (TPSA) is 319 Å². The van der Waals surface area contributed by atoms with Gasteiger partial charge in [-0.1, -0.05) is 0 Å². The molecule has 7 rings (SSSR count). The molecular weight excluding hydrogens is 731 g/mol. The van der Waals surface area contributed by atoms with E-state index >= 15 is 0 Å². The lowest BCUT2D eigenvalue weighted by Gasteiger charge is -2.28. The molecule has 4 unspecified atom stereocenters. The molecule has 3 fully saturated rings.